The third kappa shape index (κ3) is 8.48. The first-order valence-electron chi connectivity index (χ1n) is 6.98. The fourth-order valence-electron chi connectivity index (χ4n) is 1.64. The van der Waals surface area contributed by atoms with Gasteiger partial charge in [-0.25, -0.2) is 13.6 Å². The quantitative estimate of drug-likeness (QED) is 0.729. The lowest BCUT2D eigenvalue weighted by atomic mass is 10.2. The van der Waals surface area contributed by atoms with Crippen molar-refractivity contribution in [2.24, 2.45) is 0 Å². The predicted molar refractivity (Wildman–Crippen MR) is 90.0 cm³/mol. The Bertz CT molecular complexity index is 551. The van der Waals surface area contributed by atoms with Crippen molar-refractivity contribution in [2.75, 3.05) is 13.1 Å². The topological polar surface area (TPSA) is 50.4 Å². The monoisotopic (exact) mass is 412 g/mol. The van der Waals surface area contributed by atoms with E-state index < -0.39 is 30.7 Å². The Hall–Kier alpha value is -0.920. The van der Waals surface area contributed by atoms with Crippen molar-refractivity contribution < 1.29 is 18.3 Å². The molecule has 0 aliphatic carbocycles. The zero-order valence-corrected chi connectivity index (χ0v) is 15.5. The number of alkyl carbamates (subject to hydrolysis) is 1. The number of halogens is 4. The first kappa shape index (κ1) is 20.1. The lowest BCUT2D eigenvalue weighted by Gasteiger charge is -2.22. The Kier molecular flexibility index (Phi) is 7.23. The van der Waals surface area contributed by atoms with Crippen LogP contribution in [0.5, 0.6) is 0 Å². The zero-order chi connectivity index (χ0) is 17.7. The molecule has 8 heteroatoms. The van der Waals surface area contributed by atoms with E-state index in [0.717, 1.165) is 10.0 Å². The molecular weight excluding hydrogens is 394 g/mol. The van der Waals surface area contributed by atoms with E-state index in [2.05, 4.69) is 26.6 Å². The molecule has 1 aromatic rings. The minimum atomic E-state index is -3.10. The Labute approximate surface area is 148 Å². The molecule has 1 rings (SSSR count). The van der Waals surface area contributed by atoms with Gasteiger partial charge in [-0.3, -0.25) is 0 Å². The van der Waals surface area contributed by atoms with Crippen molar-refractivity contribution in [1.82, 2.24) is 10.6 Å². The van der Waals surface area contributed by atoms with Gasteiger partial charge in [0.05, 0.1) is 13.1 Å². The molecule has 1 aromatic carbocycles. The number of hydrogen-bond donors (Lipinski definition) is 2. The fraction of sp³-hybridized carbons (Fsp3) is 0.533. The summed E-state index contributed by atoms with van der Waals surface area (Å²) in [7, 11) is 0. The van der Waals surface area contributed by atoms with Crippen LogP contribution in [-0.4, -0.2) is 30.7 Å². The van der Waals surface area contributed by atoms with Crippen LogP contribution in [-0.2, 0) is 11.3 Å². The maximum Gasteiger partial charge on any atom is 0.407 e. The fourth-order valence-corrected chi connectivity index (χ4v) is 2.22. The van der Waals surface area contributed by atoms with Gasteiger partial charge in [-0.15, -0.1) is 0 Å². The van der Waals surface area contributed by atoms with Crippen LogP contribution in [0.3, 0.4) is 0 Å². The highest BCUT2D eigenvalue weighted by Gasteiger charge is 2.30. The molecule has 4 nitrogen and oxygen atoms in total. The minimum Gasteiger partial charge on any atom is -0.444 e. The molecule has 0 heterocycles. The number of nitrogens with one attached hydrogen (secondary N) is 2. The summed E-state index contributed by atoms with van der Waals surface area (Å²) in [4.78, 5) is 11.4. The summed E-state index contributed by atoms with van der Waals surface area (Å²) in [6.07, 6.45) is -0.866. The summed E-state index contributed by atoms with van der Waals surface area (Å²) in [5.74, 6) is -3.10. The number of benzene rings is 1. The van der Waals surface area contributed by atoms with E-state index in [9.17, 15) is 13.6 Å². The van der Waals surface area contributed by atoms with Crippen LogP contribution in [0.1, 0.15) is 26.3 Å². The van der Waals surface area contributed by atoms with Crippen LogP contribution in [0, 0.1) is 0 Å². The van der Waals surface area contributed by atoms with Crippen LogP contribution in [0.25, 0.3) is 0 Å². The number of hydrogen-bond acceptors (Lipinski definition) is 3. The molecule has 2 N–H and O–H groups in total. The maximum absolute atomic E-state index is 13.7. The molecule has 1 amide bonds. The summed E-state index contributed by atoms with van der Waals surface area (Å²) in [5, 5.41) is 5.25. The summed E-state index contributed by atoms with van der Waals surface area (Å²) in [5.41, 5.74) is 0.0459. The van der Waals surface area contributed by atoms with Gasteiger partial charge in [0, 0.05) is 16.0 Å². The highest BCUT2D eigenvalue weighted by atomic mass is 79.9. The van der Waals surface area contributed by atoms with Gasteiger partial charge < -0.3 is 15.4 Å². The van der Waals surface area contributed by atoms with Crippen molar-refractivity contribution in [3.8, 4) is 0 Å². The molecule has 130 valence electrons. The molecule has 0 unspecified atom stereocenters. The number of ether oxygens (including phenoxy) is 1. The van der Waals surface area contributed by atoms with E-state index in [-0.39, 0.29) is 6.54 Å². The van der Waals surface area contributed by atoms with Crippen molar-refractivity contribution >= 4 is 33.6 Å². The van der Waals surface area contributed by atoms with Crippen LogP contribution in [0.4, 0.5) is 13.6 Å². The standard InChI is InChI=1S/C15H20BrClF2N2O2/c1-14(2,3)23-13(22)21-9-15(18,19)8-20-7-10-6-11(17)4-5-12(10)16/h4-6,20H,7-9H2,1-3H3,(H,21,22). The Balaban J connectivity index is 2.40. The highest BCUT2D eigenvalue weighted by Crippen LogP contribution is 2.21. The summed E-state index contributed by atoms with van der Waals surface area (Å²) < 4.78 is 33.2. The van der Waals surface area contributed by atoms with Crippen LogP contribution >= 0.6 is 27.5 Å². The molecule has 0 bridgehead atoms. The second-order valence-corrected chi connectivity index (χ2v) is 7.34. The lowest BCUT2D eigenvalue weighted by Crippen LogP contribution is -2.44. The first-order valence-corrected chi connectivity index (χ1v) is 8.15. The lowest BCUT2D eigenvalue weighted by molar-refractivity contribution is -0.00377. The Morgan fingerprint density at radius 1 is 1.30 bits per heavy atom. The van der Waals surface area contributed by atoms with Gasteiger partial charge in [-0.05, 0) is 44.5 Å². The van der Waals surface area contributed by atoms with E-state index in [1.54, 1.807) is 39.0 Å². The van der Waals surface area contributed by atoms with Crippen molar-refractivity contribution in [1.29, 1.82) is 0 Å². The summed E-state index contributed by atoms with van der Waals surface area (Å²) >= 11 is 9.19. The van der Waals surface area contributed by atoms with Crippen LogP contribution < -0.4 is 10.6 Å². The second kappa shape index (κ2) is 8.26. The third-order valence-electron chi connectivity index (χ3n) is 2.60. The van der Waals surface area contributed by atoms with E-state index >= 15 is 0 Å². The minimum absolute atomic E-state index is 0.225. The molecular formula is C15H20BrClF2N2O2. The molecule has 23 heavy (non-hydrogen) atoms. The van der Waals surface area contributed by atoms with Gasteiger partial charge in [0.1, 0.15) is 5.60 Å². The van der Waals surface area contributed by atoms with Crippen molar-refractivity contribution in [3.05, 3.63) is 33.3 Å². The van der Waals surface area contributed by atoms with Gasteiger partial charge >= 0.3 is 6.09 Å². The number of carbonyl (C=O) groups is 1. The molecule has 0 saturated heterocycles. The molecule has 0 saturated carbocycles. The van der Waals surface area contributed by atoms with Crippen LogP contribution in [0.15, 0.2) is 22.7 Å². The zero-order valence-electron chi connectivity index (χ0n) is 13.2. The molecule has 0 aliphatic heterocycles. The molecule has 0 aromatic heterocycles. The second-order valence-electron chi connectivity index (χ2n) is 6.05. The van der Waals surface area contributed by atoms with Crippen LogP contribution in [0.2, 0.25) is 5.02 Å². The molecule has 0 spiro atoms. The number of carbonyl (C=O) groups excluding carboxylic acids is 1. The Morgan fingerprint density at radius 3 is 2.57 bits per heavy atom. The van der Waals surface area contributed by atoms with Gasteiger partial charge in [-0.2, -0.15) is 0 Å². The predicted octanol–water partition coefficient (Wildman–Crippen LogP) is 4.35. The normalized spacial score (nSPS) is 12.1. The number of amides is 1. The van der Waals surface area contributed by atoms with Gasteiger partial charge in [0.25, 0.3) is 5.92 Å². The van der Waals surface area contributed by atoms with Gasteiger partial charge in [0.2, 0.25) is 0 Å². The third-order valence-corrected chi connectivity index (χ3v) is 3.61. The van der Waals surface area contributed by atoms with E-state index in [4.69, 9.17) is 16.3 Å². The van der Waals surface area contributed by atoms with Gasteiger partial charge in [0.15, 0.2) is 0 Å². The molecule has 0 radical (unpaired) electrons. The molecule has 0 atom stereocenters. The highest BCUT2D eigenvalue weighted by molar-refractivity contribution is 9.10. The first-order chi connectivity index (χ1) is 10.5. The largest absolute Gasteiger partial charge is 0.444 e. The van der Waals surface area contributed by atoms with E-state index in [1.165, 1.54) is 0 Å². The van der Waals surface area contributed by atoms with E-state index in [1.807, 2.05) is 0 Å². The smallest absolute Gasteiger partial charge is 0.407 e. The van der Waals surface area contributed by atoms with E-state index in [0.29, 0.717) is 5.02 Å². The molecule has 0 fully saturated rings. The summed E-state index contributed by atoms with van der Waals surface area (Å²) in [6.45, 7) is 3.83. The van der Waals surface area contributed by atoms with Crippen molar-refractivity contribution in [3.63, 3.8) is 0 Å². The number of rotatable bonds is 6. The maximum atomic E-state index is 13.7. The van der Waals surface area contributed by atoms with Gasteiger partial charge in [-0.1, -0.05) is 27.5 Å². The number of alkyl halides is 2. The SMILES string of the molecule is CC(C)(C)OC(=O)NCC(F)(F)CNCc1cc(Cl)ccc1Br. The average molecular weight is 414 g/mol. The Morgan fingerprint density at radius 2 is 1.96 bits per heavy atom. The van der Waals surface area contributed by atoms with Crippen molar-refractivity contribution in [2.45, 2.75) is 38.8 Å². The summed E-state index contributed by atoms with van der Waals surface area (Å²) in [6, 6.07) is 5.14. The molecule has 0 aliphatic rings. The average Bonchev–Trinajstić information content (AvgIpc) is 2.39.